The number of carbonyl (C=O) groups is 1. The first kappa shape index (κ1) is 12.4. The minimum atomic E-state index is -0.0562. The van der Waals surface area contributed by atoms with Gasteiger partial charge in [0, 0.05) is 11.6 Å². The van der Waals surface area contributed by atoms with Gasteiger partial charge in [0.1, 0.15) is 17.4 Å². The van der Waals surface area contributed by atoms with Gasteiger partial charge in [-0.2, -0.15) is 0 Å². The predicted molar refractivity (Wildman–Crippen MR) is 75.4 cm³/mol. The van der Waals surface area contributed by atoms with Gasteiger partial charge in [0.2, 0.25) is 5.91 Å². The first-order valence-electron chi connectivity index (χ1n) is 6.30. The van der Waals surface area contributed by atoms with Gasteiger partial charge in [-0.05, 0) is 25.1 Å². The summed E-state index contributed by atoms with van der Waals surface area (Å²) in [6.45, 7) is 2.17. The standard InChI is InChI=1S/C14H14N4O2/c1-8-16-10(7-13(15)17-8)9-2-3-12-11(6-9)18-14(19)4-5-20-12/h2-3,6-7H,4-5H2,1H3,(H,18,19)(H2,15,16,17). The molecule has 6 heteroatoms. The molecular weight excluding hydrogens is 256 g/mol. The lowest BCUT2D eigenvalue weighted by Crippen LogP contribution is -2.10. The smallest absolute Gasteiger partial charge is 0.227 e. The lowest BCUT2D eigenvalue weighted by Gasteiger charge is -2.09. The van der Waals surface area contributed by atoms with Crippen LogP contribution in [-0.4, -0.2) is 22.5 Å². The van der Waals surface area contributed by atoms with Crippen LogP contribution in [0.4, 0.5) is 11.5 Å². The maximum atomic E-state index is 11.6. The monoisotopic (exact) mass is 270 g/mol. The number of hydrogen-bond donors (Lipinski definition) is 2. The van der Waals surface area contributed by atoms with E-state index < -0.39 is 0 Å². The molecule has 1 aromatic carbocycles. The Morgan fingerprint density at radius 1 is 1.30 bits per heavy atom. The highest BCUT2D eigenvalue weighted by molar-refractivity contribution is 5.94. The fourth-order valence-corrected chi connectivity index (χ4v) is 2.12. The first-order valence-corrected chi connectivity index (χ1v) is 6.30. The topological polar surface area (TPSA) is 90.1 Å². The highest BCUT2D eigenvalue weighted by Crippen LogP contribution is 2.32. The summed E-state index contributed by atoms with van der Waals surface area (Å²) in [7, 11) is 0. The minimum absolute atomic E-state index is 0.0562. The third kappa shape index (κ3) is 2.40. The molecule has 0 bridgehead atoms. The number of anilines is 2. The number of rotatable bonds is 1. The van der Waals surface area contributed by atoms with Crippen molar-refractivity contribution in [2.45, 2.75) is 13.3 Å². The van der Waals surface area contributed by atoms with Gasteiger partial charge in [0.05, 0.1) is 24.4 Å². The van der Waals surface area contributed by atoms with Crippen LogP contribution in [0.5, 0.6) is 5.75 Å². The summed E-state index contributed by atoms with van der Waals surface area (Å²) in [5.74, 6) is 1.63. The molecule has 1 aliphatic rings. The van der Waals surface area contributed by atoms with E-state index in [9.17, 15) is 4.79 Å². The SMILES string of the molecule is Cc1nc(N)cc(-c2ccc3c(c2)NC(=O)CCO3)n1. The van der Waals surface area contributed by atoms with Crippen LogP contribution in [0, 0.1) is 6.92 Å². The third-order valence-corrected chi connectivity index (χ3v) is 2.99. The van der Waals surface area contributed by atoms with E-state index in [0.29, 0.717) is 36.1 Å². The van der Waals surface area contributed by atoms with Crippen LogP contribution in [0.3, 0.4) is 0 Å². The molecule has 0 unspecified atom stereocenters. The molecule has 0 saturated heterocycles. The number of benzene rings is 1. The summed E-state index contributed by atoms with van der Waals surface area (Å²) in [6, 6.07) is 7.25. The Morgan fingerprint density at radius 2 is 2.15 bits per heavy atom. The molecule has 0 radical (unpaired) electrons. The number of aryl methyl sites for hydroxylation is 1. The number of ether oxygens (including phenoxy) is 1. The van der Waals surface area contributed by atoms with E-state index in [1.807, 2.05) is 18.2 Å². The van der Waals surface area contributed by atoms with E-state index >= 15 is 0 Å². The van der Waals surface area contributed by atoms with E-state index in [0.717, 1.165) is 11.3 Å². The molecule has 0 aliphatic carbocycles. The number of amides is 1. The van der Waals surface area contributed by atoms with Gasteiger partial charge in [-0.1, -0.05) is 0 Å². The molecule has 3 rings (SSSR count). The van der Waals surface area contributed by atoms with Crippen LogP contribution >= 0.6 is 0 Å². The molecule has 1 aromatic heterocycles. The van der Waals surface area contributed by atoms with Gasteiger partial charge in [-0.15, -0.1) is 0 Å². The zero-order valence-corrected chi connectivity index (χ0v) is 11.0. The van der Waals surface area contributed by atoms with Crippen molar-refractivity contribution in [2.24, 2.45) is 0 Å². The van der Waals surface area contributed by atoms with Gasteiger partial charge in [-0.25, -0.2) is 9.97 Å². The maximum Gasteiger partial charge on any atom is 0.227 e. The fraction of sp³-hybridized carbons (Fsp3) is 0.214. The molecule has 1 aliphatic heterocycles. The van der Waals surface area contributed by atoms with E-state index in [1.54, 1.807) is 13.0 Å². The van der Waals surface area contributed by atoms with Crippen LogP contribution in [0.2, 0.25) is 0 Å². The average Bonchev–Trinajstić information content (AvgIpc) is 2.57. The molecule has 102 valence electrons. The molecule has 6 nitrogen and oxygen atoms in total. The summed E-state index contributed by atoms with van der Waals surface area (Å²) in [5, 5.41) is 2.82. The number of fused-ring (bicyclic) bond motifs is 1. The first-order chi connectivity index (χ1) is 9.61. The number of nitrogens with one attached hydrogen (secondary N) is 1. The van der Waals surface area contributed by atoms with E-state index in [4.69, 9.17) is 10.5 Å². The van der Waals surface area contributed by atoms with Crippen molar-refractivity contribution in [1.29, 1.82) is 0 Å². The Labute approximate surface area is 116 Å². The van der Waals surface area contributed by atoms with Crippen LogP contribution in [-0.2, 0) is 4.79 Å². The number of aromatic nitrogens is 2. The van der Waals surface area contributed by atoms with Crippen molar-refractivity contribution in [3.8, 4) is 17.0 Å². The number of nitrogens with zero attached hydrogens (tertiary/aromatic N) is 2. The molecular formula is C14H14N4O2. The fourth-order valence-electron chi connectivity index (χ4n) is 2.12. The van der Waals surface area contributed by atoms with Crippen molar-refractivity contribution in [3.05, 3.63) is 30.1 Å². The number of nitrogen functional groups attached to an aromatic ring is 1. The Kier molecular flexibility index (Phi) is 2.98. The Morgan fingerprint density at radius 3 is 2.95 bits per heavy atom. The lowest BCUT2D eigenvalue weighted by molar-refractivity contribution is -0.116. The third-order valence-electron chi connectivity index (χ3n) is 2.99. The summed E-state index contributed by atoms with van der Waals surface area (Å²) >= 11 is 0. The van der Waals surface area contributed by atoms with Crippen molar-refractivity contribution >= 4 is 17.4 Å². The van der Waals surface area contributed by atoms with Gasteiger partial charge in [0.15, 0.2) is 0 Å². The van der Waals surface area contributed by atoms with Gasteiger partial charge < -0.3 is 15.8 Å². The lowest BCUT2D eigenvalue weighted by atomic mass is 10.1. The summed E-state index contributed by atoms with van der Waals surface area (Å²) < 4.78 is 5.52. The van der Waals surface area contributed by atoms with Crippen LogP contribution < -0.4 is 15.8 Å². The molecule has 2 aromatic rings. The Hall–Kier alpha value is -2.63. The summed E-state index contributed by atoms with van der Waals surface area (Å²) in [4.78, 5) is 20.0. The number of carbonyl (C=O) groups excluding carboxylic acids is 1. The second-order valence-electron chi connectivity index (χ2n) is 4.58. The van der Waals surface area contributed by atoms with Crippen LogP contribution in [0.25, 0.3) is 11.3 Å². The molecule has 3 N–H and O–H groups in total. The normalized spacial score (nSPS) is 13.9. The highest BCUT2D eigenvalue weighted by Gasteiger charge is 2.15. The molecule has 2 heterocycles. The maximum absolute atomic E-state index is 11.6. The predicted octanol–water partition coefficient (Wildman–Crippen LogP) is 1.76. The molecule has 0 spiro atoms. The number of hydrogen-bond acceptors (Lipinski definition) is 5. The van der Waals surface area contributed by atoms with Crippen LogP contribution in [0.15, 0.2) is 24.3 Å². The molecule has 0 atom stereocenters. The van der Waals surface area contributed by atoms with E-state index in [2.05, 4.69) is 15.3 Å². The Balaban J connectivity index is 2.05. The van der Waals surface area contributed by atoms with Crippen molar-refractivity contribution in [3.63, 3.8) is 0 Å². The van der Waals surface area contributed by atoms with Gasteiger partial charge in [-0.3, -0.25) is 4.79 Å². The van der Waals surface area contributed by atoms with Gasteiger partial charge >= 0.3 is 0 Å². The number of nitrogens with two attached hydrogens (primary N) is 1. The van der Waals surface area contributed by atoms with Gasteiger partial charge in [0.25, 0.3) is 0 Å². The highest BCUT2D eigenvalue weighted by atomic mass is 16.5. The zero-order valence-electron chi connectivity index (χ0n) is 11.0. The second kappa shape index (κ2) is 4.80. The summed E-state index contributed by atoms with van der Waals surface area (Å²) in [6.07, 6.45) is 0.351. The van der Waals surface area contributed by atoms with E-state index in [-0.39, 0.29) is 5.91 Å². The molecule has 20 heavy (non-hydrogen) atoms. The molecule has 0 saturated carbocycles. The minimum Gasteiger partial charge on any atom is -0.491 e. The van der Waals surface area contributed by atoms with Crippen molar-refractivity contribution < 1.29 is 9.53 Å². The average molecular weight is 270 g/mol. The largest absolute Gasteiger partial charge is 0.491 e. The second-order valence-corrected chi connectivity index (χ2v) is 4.58. The molecule has 0 fully saturated rings. The van der Waals surface area contributed by atoms with E-state index in [1.165, 1.54) is 0 Å². The Bertz CT molecular complexity index is 665. The summed E-state index contributed by atoms with van der Waals surface area (Å²) in [5.41, 5.74) is 7.96. The zero-order chi connectivity index (χ0) is 14.1. The van der Waals surface area contributed by atoms with Crippen molar-refractivity contribution in [2.75, 3.05) is 17.7 Å². The molecule has 1 amide bonds. The van der Waals surface area contributed by atoms with Crippen molar-refractivity contribution in [1.82, 2.24) is 9.97 Å². The quantitative estimate of drug-likeness (QED) is 0.824. The van der Waals surface area contributed by atoms with Crippen LogP contribution in [0.1, 0.15) is 12.2 Å².